The van der Waals surface area contributed by atoms with Gasteiger partial charge in [0.15, 0.2) is 0 Å². The first-order valence-corrected chi connectivity index (χ1v) is 3.91. The highest BCUT2D eigenvalue weighted by Crippen LogP contribution is 2.13. The summed E-state index contributed by atoms with van der Waals surface area (Å²) in [5.74, 6) is 7.10. The van der Waals surface area contributed by atoms with Crippen molar-refractivity contribution in [2.24, 2.45) is 11.7 Å². The quantitative estimate of drug-likeness (QED) is 0.395. The number of aromatic carboxylic acids is 1. The Bertz CT molecular complexity index is 436. The first-order valence-electron chi connectivity index (χ1n) is 3.91. The maximum atomic E-state index is 10.6. The van der Waals surface area contributed by atoms with Gasteiger partial charge in [0.1, 0.15) is 0 Å². The molecule has 14 heavy (non-hydrogen) atoms. The number of rotatable bonds is 1. The molecule has 0 aliphatic heterocycles. The molecule has 0 bridgehead atoms. The highest BCUT2D eigenvalue weighted by molar-refractivity contribution is 5.93. The van der Waals surface area contributed by atoms with Crippen LogP contribution >= 0.6 is 0 Å². The molecule has 2 rings (SSSR count). The first-order chi connectivity index (χ1) is 6.77. The van der Waals surface area contributed by atoms with Crippen LogP contribution in [0, 0.1) is 0 Å². The van der Waals surface area contributed by atoms with Crippen LogP contribution in [0.5, 0.6) is 0 Å². The summed E-state index contributed by atoms with van der Waals surface area (Å²) in [7, 11) is 0. The van der Waals surface area contributed by atoms with E-state index in [-0.39, 0.29) is 0 Å². The van der Waals surface area contributed by atoms with Crippen LogP contribution in [0.25, 0.3) is 10.9 Å². The molecule has 0 unspecified atom stereocenters. The number of carboxylic acid groups (broad SMARTS) is 1. The van der Waals surface area contributed by atoms with Gasteiger partial charge in [-0.05, 0) is 23.6 Å². The van der Waals surface area contributed by atoms with Gasteiger partial charge in [-0.2, -0.15) is 0 Å². The minimum atomic E-state index is -0.897. The van der Waals surface area contributed by atoms with E-state index in [1.54, 1.807) is 24.4 Å². The van der Waals surface area contributed by atoms with Gasteiger partial charge < -0.3 is 10.1 Å². The van der Waals surface area contributed by atoms with E-state index >= 15 is 0 Å². The van der Waals surface area contributed by atoms with Crippen LogP contribution in [0.3, 0.4) is 0 Å². The van der Waals surface area contributed by atoms with Crippen LogP contribution in [0.2, 0.25) is 0 Å². The predicted molar refractivity (Wildman–Crippen MR) is 53.6 cm³/mol. The largest absolute Gasteiger partial charge is 0.478 e. The van der Waals surface area contributed by atoms with Crippen molar-refractivity contribution < 1.29 is 9.90 Å². The zero-order valence-corrected chi connectivity index (χ0v) is 7.40. The SMILES string of the molecule is NN.O=C(O)c1ccc2cc[nH]c2c1. The fourth-order valence-electron chi connectivity index (χ4n) is 1.18. The van der Waals surface area contributed by atoms with Gasteiger partial charge in [0.2, 0.25) is 0 Å². The van der Waals surface area contributed by atoms with E-state index < -0.39 is 5.97 Å². The van der Waals surface area contributed by atoms with E-state index in [1.807, 2.05) is 6.07 Å². The summed E-state index contributed by atoms with van der Waals surface area (Å²) in [4.78, 5) is 13.5. The number of carbonyl (C=O) groups is 1. The zero-order chi connectivity index (χ0) is 10.6. The minimum Gasteiger partial charge on any atom is -0.478 e. The summed E-state index contributed by atoms with van der Waals surface area (Å²) in [5, 5.41) is 9.70. The molecule has 6 N–H and O–H groups in total. The van der Waals surface area contributed by atoms with Crippen molar-refractivity contribution in [2.45, 2.75) is 0 Å². The molecule has 2 aromatic rings. The number of hydrazine groups is 1. The maximum Gasteiger partial charge on any atom is 0.335 e. The molecule has 74 valence electrons. The smallest absolute Gasteiger partial charge is 0.335 e. The molecule has 0 spiro atoms. The summed E-state index contributed by atoms with van der Waals surface area (Å²) in [6.45, 7) is 0. The molecule has 5 heteroatoms. The van der Waals surface area contributed by atoms with Gasteiger partial charge in [0.05, 0.1) is 5.56 Å². The number of benzene rings is 1. The summed E-state index contributed by atoms with van der Waals surface area (Å²) in [6.07, 6.45) is 1.79. The van der Waals surface area contributed by atoms with E-state index in [0.29, 0.717) is 5.56 Å². The normalized spacial score (nSPS) is 9.29. The molecule has 1 heterocycles. The lowest BCUT2D eigenvalue weighted by Gasteiger charge is -1.93. The molecule has 0 radical (unpaired) electrons. The Morgan fingerprint density at radius 2 is 2.00 bits per heavy atom. The van der Waals surface area contributed by atoms with Gasteiger partial charge in [-0.1, -0.05) is 6.07 Å². The third kappa shape index (κ3) is 1.90. The van der Waals surface area contributed by atoms with Crippen LogP contribution in [0.15, 0.2) is 30.5 Å². The Labute approximate surface area is 80.3 Å². The fraction of sp³-hybridized carbons (Fsp3) is 0. The number of hydrogen-bond donors (Lipinski definition) is 4. The number of fused-ring (bicyclic) bond motifs is 1. The Hall–Kier alpha value is -1.85. The zero-order valence-electron chi connectivity index (χ0n) is 7.40. The second-order valence-corrected chi connectivity index (χ2v) is 2.58. The minimum absolute atomic E-state index is 0.310. The Kier molecular flexibility index (Phi) is 3.22. The molecule has 0 saturated carbocycles. The van der Waals surface area contributed by atoms with Crippen molar-refractivity contribution in [2.75, 3.05) is 0 Å². The van der Waals surface area contributed by atoms with Crippen LogP contribution in [0.4, 0.5) is 0 Å². The molecular formula is C9H11N3O2. The first kappa shape index (κ1) is 10.2. The molecule has 0 aliphatic carbocycles. The summed E-state index contributed by atoms with van der Waals surface area (Å²) >= 11 is 0. The highest BCUT2D eigenvalue weighted by atomic mass is 16.4. The third-order valence-corrected chi connectivity index (χ3v) is 1.80. The van der Waals surface area contributed by atoms with Crippen LogP contribution in [-0.2, 0) is 0 Å². The molecule has 0 amide bonds. The average molecular weight is 193 g/mol. The summed E-state index contributed by atoms with van der Waals surface area (Å²) < 4.78 is 0. The van der Waals surface area contributed by atoms with E-state index in [2.05, 4.69) is 16.7 Å². The lowest BCUT2D eigenvalue weighted by Crippen LogP contribution is -2.02. The molecule has 5 nitrogen and oxygen atoms in total. The number of hydrogen-bond acceptors (Lipinski definition) is 3. The monoisotopic (exact) mass is 193 g/mol. The molecular weight excluding hydrogens is 182 g/mol. The van der Waals surface area contributed by atoms with Crippen molar-refractivity contribution >= 4 is 16.9 Å². The fourth-order valence-corrected chi connectivity index (χ4v) is 1.18. The Morgan fingerprint density at radius 1 is 1.29 bits per heavy atom. The van der Waals surface area contributed by atoms with Crippen molar-refractivity contribution in [3.8, 4) is 0 Å². The predicted octanol–water partition coefficient (Wildman–Crippen LogP) is 0.685. The van der Waals surface area contributed by atoms with Gasteiger partial charge in [-0.25, -0.2) is 4.79 Å². The lowest BCUT2D eigenvalue weighted by molar-refractivity contribution is 0.0697. The molecule has 0 fully saturated rings. The average Bonchev–Trinajstić information content (AvgIpc) is 2.67. The van der Waals surface area contributed by atoms with E-state index in [9.17, 15) is 4.79 Å². The number of aromatic amines is 1. The van der Waals surface area contributed by atoms with Gasteiger partial charge in [0.25, 0.3) is 0 Å². The van der Waals surface area contributed by atoms with Crippen molar-refractivity contribution in [3.63, 3.8) is 0 Å². The van der Waals surface area contributed by atoms with E-state index in [4.69, 9.17) is 5.11 Å². The molecule has 0 atom stereocenters. The molecule has 0 saturated heterocycles. The van der Waals surface area contributed by atoms with Crippen LogP contribution < -0.4 is 11.7 Å². The van der Waals surface area contributed by atoms with E-state index in [0.717, 1.165) is 10.9 Å². The number of aromatic nitrogens is 1. The standard InChI is InChI=1S/C9H7NO2.H4N2/c11-9(12)7-2-1-6-3-4-10-8(6)5-7;1-2/h1-5,10H,(H,11,12);1-2H2. The molecule has 1 aromatic heterocycles. The van der Waals surface area contributed by atoms with Gasteiger partial charge >= 0.3 is 5.97 Å². The number of carboxylic acids is 1. The van der Waals surface area contributed by atoms with Crippen LogP contribution in [0.1, 0.15) is 10.4 Å². The third-order valence-electron chi connectivity index (χ3n) is 1.80. The highest BCUT2D eigenvalue weighted by Gasteiger charge is 2.02. The Balaban J connectivity index is 0.000000461. The second-order valence-electron chi connectivity index (χ2n) is 2.58. The molecule has 0 aliphatic rings. The topological polar surface area (TPSA) is 105 Å². The number of nitrogens with two attached hydrogens (primary N) is 2. The lowest BCUT2D eigenvalue weighted by atomic mass is 10.2. The Morgan fingerprint density at radius 3 is 2.64 bits per heavy atom. The van der Waals surface area contributed by atoms with Crippen molar-refractivity contribution in [1.29, 1.82) is 0 Å². The van der Waals surface area contributed by atoms with Gasteiger partial charge in [-0.15, -0.1) is 0 Å². The molecule has 1 aromatic carbocycles. The number of H-pyrrole nitrogens is 1. The van der Waals surface area contributed by atoms with Crippen molar-refractivity contribution in [3.05, 3.63) is 36.0 Å². The van der Waals surface area contributed by atoms with Gasteiger partial charge in [0, 0.05) is 11.7 Å². The van der Waals surface area contributed by atoms with Crippen LogP contribution in [-0.4, -0.2) is 16.1 Å². The van der Waals surface area contributed by atoms with Gasteiger partial charge in [-0.3, -0.25) is 11.7 Å². The number of nitrogens with one attached hydrogen (secondary N) is 1. The maximum absolute atomic E-state index is 10.6. The van der Waals surface area contributed by atoms with Crippen molar-refractivity contribution in [1.82, 2.24) is 4.98 Å². The summed E-state index contributed by atoms with van der Waals surface area (Å²) in [5.41, 5.74) is 1.17. The second kappa shape index (κ2) is 4.40. The van der Waals surface area contributed by atoms with E-state index in [1.165, 1.54) is 0 Å². The summed E-state index contributed by atoms with van der Waals surface area (Å²) in [6, 6.07) is 6.91.